The van der Waals surface area contributed by atoms with E-state index in [-0.39, 0.29) is 40.0 Å². The van der Waals surface area contributed by atoms with Gasteiger partial charge in [0.15, 0.2) is 0 Å². The van der Waals surface area contributed by atoms with Gasteiger partial charge in [0.25, 0.3) is 0 Å². The summed E-state index contributed by atoms with van der Waals surface area (Å²) in [6.07, 6.45) is 0. The first-order valence-electron chi connectivity index (χ1n) is 2.34. The van der Waals surface area contributed by atoms with Crippen LogP contribution < -0.4 is 17.0 Å². The summed E-state index contributed by atoms with van der Waals surface area (Å²) in [6.45, 7) is 1.88. The predicted octanol–water partition coefficient (Wildman–Crippen LogP) is -2.08. The molecule has 0 aliphatic carbocycles. The molecule has 1 atom stereocenters. The van der Waals surface area contributed by atoms with Crippen LogP contribution in [0.25, 0.3) is 0 Å². The van der Waals surface area contributed by atoms with Gasteiger partial charge in [-0.25, -0.2) is 0 Å². The Labute approximate surface area is 98.6 Å². The fraction of sp³-hybridized carbons (Fsp3) is 0.200. The van der Waals surface area contributed by atoms with Crippen molar-refractivity contribution in [1.82, 2.24) is 0 Å². The van der Waals surface area contributed by atoms with Crippen molar-refractivity contribution < 1.29 is 25.7 Å². The quantitative estimate of drug-likeness (QED) is 0.432. The maximum atomic E-state index is 10.2. The zero-order valence-corrected chi connectivity index (χ0v) is 10.5. The third-order valence-corrected chi connectivity index (χ3v) is 2.53. The van der Waals surface area contributed by atoms with Crippen molar-refractivity contribution in [1.29, 1.82) is 0 Å². The number of halogens is 1. The molecule has 0 aromatic carbocycles. The maximum absolute atomic E-state index is 10.2. The van der Waals surface area contributed by atoms with Crippen molar-refractivity contribution in [2.24, 2.45) is 0 Å². The summed E-state index contributed by atoms with van der Waals surface area (Å²) >= 11 is -0.608. The van der Waals surface area contributed by atoms with E-state index in [9.17, 15) is 8.76 Å². The molecule has 1 aromatic rings. The number of rotatable bonds is 1. The average Bonchev–Trinajstić information content (AvgIpc) is 2.14. The average molecular weight is 265 g/mol. The maximum Gasteiger partial charge on any atom is 2.00 e. The zero-order valence-electron chi connectivity index (χ0n) is 5.87. The molecule has 1 aromatic heterocycles. The largest absolute Gasteiger partial charge is 2.00 e. The van der Waals surface area contributed by atoms with E-state index in [1.54, 1.807) is 11.4 Å². The van der Waals surface area contributed by atoms with Gasteiger partial charge >= 0.3 is 23.1 Å². The monoisotopic (exact) mass is 264 g/mol. The molecule has 0 saturated heterocycles. The van der Waals surface area contributed by atoms with Gasteiger partial charge in [0.05, 0.1) is 0 Å². The van der Waals surface area contributed by atoms with Crippen LogP contribution in [0.2, 0.25) is 0 Å². The van der Waals surface area contributed by atoms with Crippen molar-refractivity contribution in [3.8, 4) is 0 Å². The molecule has 0 saturated carbocycles. The summed E-state index contributed by atoms with van der Waals surface area (Å²) in [6, 6.07) is 1.65. The van der Waals surface area contributed by atoms with Crippen molar-refractivity contribution in [3.63, 3.8) is 0 Å². The van der Waals surface area contributed by atoms with Crippen molar-refractivity contribution in [3.05, 3.63) is 16.3 Å². The Morgan fingerprint density at radius 2 is 2.18 bits per heavy atom. The van der Waals surface area contributed by atoms with Gasteiger partial charge in [0.2, 0.25) is 0 Å². The molecule has 0 N–H and O–H groups in total. The van der Waals surface area contributed by atoms with Crippen molar-refractivity contribution in [2.75, 3.05) is 0 Å². The molecule has 1 heterocycles. The van der Waals surface area contributed by atoms with Crippen LogP contribution in [-0.2, 0) is 11.1 Å². The van der Waals surface area contributed by atoms with E-state index in [2.05, 4.69) is 0 Å². The third kappa shape index (κ3) is 4.59. The summed E-state index contributed by atoms with van der Waals surface area (Å²) in [7, 11) is 0. The minimum Gasteiger partial charge on any atom is -1.00 e. The first kappa shape index (κ1) is 14.6. The van der Waals surface area contributed by atoms with Crippen LogP contribution in [0.15, 0.2) is 16.3 Å². The van der Waals surface area contributed by atoms with Gasteiger partial charge in [-0.05, 0) is 24.1 Å². The van der Waals surface area contributed by atoms with E-state index in [1.807, 2.05) is 6.92 Å². The Bertz CT molecular complexity index is 238. The standard InChI is InChI=1S/C5H6O2S2.BrH.Mg/c1-4-2-5(3-8-4)9(6)7;;/h2-3H,1H3,(H,6,7);1H;/q;;+2/p-2. The molecule has 0 spiro atoms. The SMILES string of the molecule is Cc1cc(S(=O)[O-])cs1.[Br-].[Mg+2]. The van der Waals surface area contributed by atoms with Gasteiger partial charge in [-0.1, -0.05) is 0 Å². The fourth-order valence-corrected chi connectivity index (χ4v) is 1.88. The van der Waals surface area contributed by atoms with Gasteiger partial charge < -0.3 is 21.5 Å². The summed E-state index contributed by atoms with van der Waals surface area (Å²) in [5.74, 6) is 0. The van der Waals surface area contributed by atoms with E-state index in [4.69, 9.17) is 0 Å². The van der Waals surface area contributed by atoms with Crippen LogP contribution >= 0.6 is 11.3 Å². The summed E-state index contributed by atoms with van der Waals surface area (Å²) in [5.41, 5.74) is 0. The minimum atomic E-state index is -2.05. The van der Waals surface area contributed by atoms with Gasteiger partial charge in [-0.15, -0.1) is 11.3 Å². The van der Waals surface area contributed by atoms with Crippen LogP contribution in [0, 0.1) is 6.92 Å². The molecule has 0 aliphatic heterocycles. The number of thiophene rings is 1. The number of hydrogen-bond acceptors (Lipinski definition) is 3. The van der Waals surface area contributed by atoms with Crippen LogP contribution in [0.5, 0.6) is 0 Å². The first-order valence-corrected chi connectivity index (χ1v) is 4.30. The van der Waals surface area contributed by atoms with Crippen LogP contribution in [0.1, 0.15) is 4.88 Å². The molecule has 11 heavy (non-hydrogen) atoms. The second-order valence-electron chi connectivity index (χ2n) is 1.63. The molecule has 2 nitrogen and oxygen atoms in total. The Morgan fingerprint density at radius 1 is 1.64 bits per heavy atom. The van der Waals surface area contributed by atoms with Crippen LogP contribution in [0.4, 0.5) is 0 Å². The molecule has 0 amide bonds. The Kier molecular flexibility index (Phi) is 8.69. The zero-order chi connectivity index (χ0) is 6.85. The molecular weight excluding hydrogens is 260 g/mol. The van der Waals surface area contributed by atoms with E-state index in [0.29, 0.717) is 4.90 Å². The molecule has 0 radical (unpaired) electrons. The van der Waals surface area contributed by atoms with Crippen LogP contribution in [0.3, 0.4) is 0 Å². The Hall–Kier alpha value is 1.06. The van der Waals surface area contributed by atoms with Gasteiger partial charge in [0.1, 0.15) is 0 Å². The summed E-state index contributed by atoms with van der Waals surface area (Å²) < 4.78 is 20.4. The second-order valence-corrected chi connectivity index (χ2v) is 3.68. The topological polar surface area (TPSA) is 40.1 Å². The normalized spacial score (nSPS) is 11.1. The smallest absolute Gasteiger partial charge is 1.00 e. The molecule has 0 bridgehead atoms. The van der Waals surface area contributed by atoms with Gasteiger partial charge in [-0.2, -0.15) is 0 Å². The van der Waals surface area contributed by atoms with Gasteiger partial charge in [-0.3, -0.25) is 4.21 Å². The summed E-state index contributed by atoms with van der Waals surface area (Å²) in [4.78, 5) is 1.41. The molecular formula is C5H5BrMgO2S2. The number of hydrogen-bond donors (Lipinski definition) is 0. The molecule has 0 fully saturated rings. The molecule has 6 heteroatoms. The van der Waals surface area contributed by atoms with E-state index >= 15 is 0 Å². The summed E-state index contributed by atoms with van der Waals surface area (Å²) in [5, 5.41) is 1.62. The molecule has 58 valence electrons. The Morgan fingerprint density at radius 3 is 2.36 bits per heavy atom. The predicted molar refractivity (Wildman–Crippen MR) is 42.0 cm³/mol. The minimum absolute atomic E-state index is 0. The second kappa shape index (κ2) is 6.56. The van der Waals surface area contributed by atoms with Crippen LogP contribution in [-0.4, -0.2) is 31.8 Å². The van der Waals surface area contributed by atoms with Gasteiger partial charge in [0, 0.05) is 15.2 Å². The van der Waals surface area contributed by atoms with E-state index < -0.39 is 11.1 Å². The van der Waals surface area contributed by atoms with E-state index in [1.165, 1.54) is 11.3 Å². The van der Waals surface area contributed by atoms with E-state index in [0.717, 1.165) is 4.88 Å². The molecule has 1 rings (SSSR count). The third-order valence-electron chi connectivity index (χ3n) is 0.899. The Balaban J connectivity index is 0. The number of aryl methyl sites for hydroxylation is 1. The first-order chi connectivity index (χ1) is 4.20. The fourth-order valence-electron chi connectivity index (χ4n) is 0.507. The van der Waals surface area contributed by atoms with Crippen molar-refractivity contribution in [2.45, 2.75) is 11.8 Å². The van der Waals surface area contributed by atoms with Crippen molar-refractivity contribution >= 4 is 45.5 Å². The molecule has 1 unspecified atom stereocenters. The molecule has 0 aliphatic rings.